The van der Waals surface area contributed by atoms with Crippen LogP contribution in [0.15, 0.2) is 40.9 Å². The van der Waals surface area contributed by atoms with Crippen molar-refractivity contribution in [1.29, 1.82) is 0 Å². The molecular weight excluding hydrogens is 370 g/mol. The molecule has 1 unspecified atom stereocenters. The highest BCUT2D eigenvalue weighted by Gasteiger charge is 2.35. The molecule has 1 atom stereocenters. The molecule has 1 aliphatic rings. The summed E-state index contributed by atoms with van der Waals surface area (Å²) in [5.74, 6) is 2.10. The number of methoxy groups -OCH3 is 2. The maximum atomic E-state index is 12.7. The summed E-state index contributed by atoms with van der Waals surface area (Å²) >= 11 is 0. The number of hydrogen-bond acceptors (Lipinski definition) is 6. The molecule has 2 aromatic carbocycles. The maximum absolute atomic E-state index is 12.7. The number of carbonyl (C=O) groups is 1. The van der Waals surface area contributed by atoms with Gasteiger partial charge in [0.25, 0.3) is 5.89 Å². The minimum atomic E-state index is -0.111. The van der Waals surface area contributed by atoms with Crippen molar-refractivity contribution < 1.29 is 18.8 Å². The SMILES string of the molecule is COc1ccc(-c2nc(C3CC(=O)N(c4cc(C)ccc4C)C3)no2)cc1OC. The predicted octanol–water partition coefficient (Wildman–Crippen LogP) is 3.89. The van der Waals surface area contributed by atoms with Crippen LogP contribution in [0.5, 0.6) is 11.5 Å². The Morgan fingerprint density at radius 3 is 2.62 bits per heavy atom. The summed E-state index contributed by atoms with van der Waals surface area (Å²) in [6.07, 6.45) is 0.359. The van der Waals surface area contributed by atoms with E-state index in [4.69, 9.17) is 14.0 Å². The van der Waals surface area contributed by atoms with E-state index in [-0.39, 0.29) is 11.8 Å². The van der Waals surface area contributed by atoms with Gasteiger partial charge in [0.1, 0.15) is 0 Å². The first-order chi connectivity index (χ1) is 14.0. The van der Waals surface area contributed by atoms with Crippen LogP contribution in [0.25, 0.3) is 11.5 Å². The zero-order chi connectivity index (χ0) is 20.5. The van der Waals surface area contributed by atoms with Gasteiger partial charge in [-0.3, -0.25) is 4.79 Å². The highest BCUT2D eigenvalue weighted by molar-refractivity contribution is 5.97. The van der Waals surface area contributed by atoms with Gasteiger partial charge < -0.3 is 18.9 Å². The van der Waals surface area contributed by atoms with Gasteiger partial charge in [0.2, 0.25) is 5.91 Å². The van der Waals surface area contributed by atoms with Crippen molar-refractivity contribution in [2.45, 2.75) is 26.2 Å². The molecule has 0 N–H and O–H groups in total. The van der Waals surface area contributed by atoms with E-state index in [1.165, 1.54) is 0 Å². The fourth-order valence-corrected chi connectivity index (χ4v) is 3.61. The van der Waals surface area contributed by atoms with Crippen molar-refractivity contribution in [3.05, 3.63) is 53.3 Å². The highest BCUT2D eigenvalue weighted by atomic mass is 16.5. The average molecular weight is 393 g/mol. The van der Waals surface area contributed by atoms with E-state index in [2.05, 4.69) is 10.1 Å². The predicted molar refractivity (Wildman–Crippen MR) is 108 cm³/mol. The first-order valence-electron chi connectivity index (χ1n) is 9.43. The maximum Gasteiger partial charge on any atom is 0.258 e. The minimum Gasteiger partial charge on any atom is -0.493 e. The molecule has 0 radical (unpaired) electrons. The number of benzene rings is 2. The van der Waals surface area contributed by atoms with Crippen LogP contribution in [0.3, 0.4) is 0 Å². The van der Waals surface area contributed by atoms with Crippen molar-refractivity contribution in [3.8, 4) is 23.0 Å². The Balaban J connectivity index is 1.58. The number of amides is 1. The van der Waals surface area contributed by atoms with E-state index in [1.54, 1.807) is 26.4 Å². The van der Waals surface area contributed by atoms with Crippen molar-refractivity contribution in [1.82, 2.24) is 10.1 Å². The fraction of sp³-hybridized carbons (Fsp3) is 0.318. The summed E-state index contributed by atoms with van der Waals surface area (Å²) in [6.45, 7) is 4.57. The first-order valence-corrected chi connectivity index (χ1v) is 9.43. The molecule has 7 heteroatoms. The molecule has 1 amide bonds. The molecule has 150 valence electrons. The van der Waals surface area contributed by atoms with Gasteiger partial charge in [0.05, 0.1) is 14.2 Å². The molecule has 7 nitrogen and oxygen atoms in total. The van der Waals surface area contributed by atoms with Gasteiger partial charge in [-0.2, -0.15) is 4.98 Å². The number of aromatic nitrogens is 2. The summed E-state index contributed by atoms with van der Waals surface area (Å²) in [6, 6.07) is 11.5. The Morgan fingerprint density at radius 1 is 1.07 bits per heavy atom. The lowest BCUT2D eigenvalue weighted by Gasteiger charge is -2.19. The third-order valence-electron chi connectivity index (χ3n) is 5.22. The largest absolute Gasteiger partial charge is 0.493 e. The zero-order valence-corrected chi connectivity index (χ0v) is 16.9. The third kappa shape index (κ3) is 3.55. The van der Waals surface area contributed by atoms with Crippen molar-refractivity contribution in [2.24, 2.45) is 0 Å². The van der Waals surface area contributed by atoms with Crippen LogP contribution in [0.2, 0.25) is 0 Å². The molecule has 3 aromatic rings. The van der Waals surface area contributed by atoms with Crippen LogP contribution in [0, 0.1) is 13.8 Å². The van der Waals surface area contributed by atoms with Gasteiger partial charge >= 0.3 is 0 Å². The first kappa shape index (κ1) is 19.0. The normalized spacial score (nSPS) is 16.3. The summed E-state index contributed by atoms with van der Waals surface area (Å²) in [4.78, 5) is 19.0. The van der Waals surface area contributed by atoms with Crippen LogP contribution in [-0.4, -0.2) is 36.8 Å². The third-order valence-corrected chi connectivity index (χ3v) is 5.22. The highest BCUT2D eigenvalue weighted by Crippen LogP contribution is 2.35. The monoisotopic (exact) mass is 393 g/mol. The van der Waals surface area contributed by atoms with Crippen LogP contribution in [-0.2, 0) is 4.79 Å². The van der Waals surface area contributed by atoms with E-state index >= 15 is 0 Å². The van der Waals surface area contributed by atoms with E-state index in [1.807, 2.05) is 43.0 Å². The average Bonchev–Trinajstić information content (AvgIpc) is 3.36. The Hall–Kier alpha value is -3.35. The molecule has 0 saturated carbocycles. The number of aryl methyl sites for hydroxylation is 2. The summed E-state index contributed by atoms with van der Waals surface area (Å²) in [5.41, 5.74) is 3.87. The Labute approximate surface area is 169 Å². The Kier molecular flexibility index (Phi) is 4.96. The van der Waals surface area contributed by atoms with Gasteiger partial charge in [-0.1, -0.05) is 17.3 Å². The molecular formula is C22H23N3O4. The minimum absolute atomic E-state index is 0.0705. The molecule has 0 aliphatic carbocycles. The topological polar surface area (TPSA) is 77.7 Å². The van der Waals surface area contributed by atoms with Crippen LogP contribution in [0.1, 0.15) is 29.3 Å². The second-order valence-electron chi connectivity index (χ2n) is 7.22. The molecule has 1 fully saturated rings. The quantitative estimate of drug-likeness (QED) is 0.654. The number of hydrogen-bond donors (Lipinski definition) is 0. The standard InChI is InChI=1S/C22H23N3O4/c1-13-5-6-14(2)17(9-13)25-12-16(11-20(25)26)21-23-22(29-24-21)15-7-8-18(27-3)19(10-15)28-4/h5-10,16H,11-12H2,1-4H3. The van der Waals surface area contributed by atoms with Crippen molar-refractivity contribution >= 4 is 11.6 Å². The lowest BCUT2D eigenvalue weighted by molar-refractivity contribution is -0.117. The van der Waals surface area contributed by atoms with Gasteiger partial charge in [-0.25, -0.2) is 0 Å². The van der Waals surface area contributed by atoms with Crippen LogP contribution < -0.4 is 14.4 Å². The molecule has 2 heterocycles. The number of ether oxygens (including phenoxy) is 2. The van der Waals surface area contributed by atoms with Gasteiger partial charge in [-0.05, 0) is 49.2 Å². The van der Waals surface area contributed by atoms with Gasteiger partial charge in [-0.15, -0.1) is 0 Å². The van der Waals surface area contributed by atoms with E-state index in [0.29, 0.717) is 36.2 Å². The van der Waals surface area contributed by atoms with E-state index in [0.717, 1.165) is 22.4 Å². The smallest absolute Gasteiger partial charge is 0.258 e. The summed E-state index contributed by atoms with van der Waals surface area (Å²) in [7, 11) is 3.16. The van der Waals surface area contributed by atoms with Crippen LogP contribution >= 0.6 is 0 Å². The van der Waals surface area contributed by atoms with Crippen molar-refractivity contribution in [3.63, 3.8) is 0 Å². The Morgan fingerprint density at radius 2 is 1.86 bits per heavy atom. The molecule has 1 saturated heterocycles. The molecule has 4 rings (SSSR count). The lowest BCUT2D eigenvalue weighted by Crippen LogP contribution is -2.25. The number of anilines is 1. The second-order valence-corrected chi connectivity index (χ2v) is 7.22. The number of nitrogens with zero attached hydrogens (tertiary/aromatic N) is 3. The molecule has 1 aliphatic heterocycles. The molecule has 0 spiro atoms. The van der Waals surface area contributed by atoms with E-state index < -0.39 is 0 Å². The molecule has 1 aromatic heterocycles. The molecule has 29 heavy (non-hydrogen) atoms. The van der Waals surface area contributed by atoms with Gasteiger partial charge in [0.15, 0.2) is 17.3 Å². The van der Waals surface area contributed by atoms with Gasteiger partial charge in [0, 0.05) is 30.1 Å². The number of carbonyl (C=O) groups excluding carboxylic acids is 1. The zero-order valence-electron chi connectivity index (χ0n) is 16.9. The van der Waals surface area contributed by atoms with Crippen molar-refractivity contribution in [2.75, 3.05) is 25.7 Å². The second kappa shape index (κ2) is 7.58. The van der Waals surface area contributed by atoms with Crippen LogP contribution in [0.4, 0.5) is 5.69 Å². The summed E-state index contributed by atoms with van der Waals surface area (Å²) in [5, 5.41) is 4.14. The fourth-order valence-electron chi connectivity index (χ4n) is 3.61. The molecule has 0 bridgehead atoms. The number of rotatable bonds is 5. The Bertz CT molecular complexity index is 1060. The lowest BCUT2D eigenvalue weighted by atomic mass is 10.1. The summed E-state index contributed by atoms with van der Waals surface area (Å²) < 4.78 is 16.1. The van der Waals surface area contributed by atoms with E-state index in [9.17, 15) is 4.79 Å².